The van der Waals surface area contributed by atoms with Crippen molar-refractivity contribution in [3.05, 3.63) is 35.5 Å². The Morgan fingerprint density at radius 2 is 1.60 bits per heavy atom. The standard InChI is InChI=1S/C22H28F2N2O4/c1-12-14-10-15(23)17(24)13-8-9-25(18(13)14)11-16(12)26(19(27)29-21(2,3)4)20(28)30-22(5,6)7/h8-10,12,16H,11H2,1-7H3/t12-,16+/m0/s1. The van der Waals surface area contributed by atoms with Crippen LogP contribution in [0.5, 0.6) is 0 Å². The lowest BCUT2D eigenvalue weighted by molar-refractivity contribution is -0.0114. The molecule has 0 fully saturated rings. The second-order valence-corrected chi connectivity index (χ2v) is 9.68. The Kier molecular flexibility index (Phi) is 5.33. The van der Waals surface area contributed by atoms with Gasteiger partial charge in [-0.3, -0.25) is 0 Å². The minimum Gasteiger partial charge on any atom is -0.443 e. The van der Waals surface area contributed by atoms with Gasteiger partial charge in [-0.1, -0.05) is 6.92 Å². The van der Waals surface area contributed by atoms with Crippen LogP contribution in [0.15, 0.2) is 18.3 Å². The van der Waals surface area contributed by atoms with E-state index in [9.17, 15) is 18.4 Å². The van der Waals surface area contributed by atoms with Crippen molar-refractivity contribution in [2.75, 3.05) is 0 Å². The van der Waals surface area contributed by atoms with E-state index in [2.05, 4.69) is 0 Å². The van der Waals surface area contributed by atoms with Gasteiger partial charge in [0.2, 0.25) is 0 Å². The van der Waals surface area contributed by atoms with E-state index in [1.54, 1.807) is 59.2 Å². The molecule has 164 valence electrons. The first-order chi connectivity index (χ1) is 13.7. The summed E-state index contributed by atoms with van der Waals surface area (Å²) in [4.78, 5) is 27.0. The zero-order valence-electron chi connectivity index (χ0n) is 18.4. The van der Waals surface area contributed by atoms with E-state index in [1.165, 1.54) is 6.07 Å². The second-order valence-electron chi connectivity index (χ2n) is 9.68. The Morgan fingerprint density at radius 3 is 2.10 bits per heavy atom. The molecule has 0 spiro atoms. The molecule has 6 nitrogen and oxygen atoms in total. The molecule has 1 aromatic heterocycles. The summed E-state index contributed by atoms with van der Waals surface area (Å²) in [5.74, 6) is -2.34. The van der Waals surface area contributed by atoms with E-state index in [-0.39, 0.29) is 11.9 Å². The molecule has 0 unspecified atom stereocenters. The third kappa shape index (κ3) is 4.13. The zero-order chi connectivity index (χ0) is 22.6. The minimum absolute atomic E-state index is 0.177. The summed E-state index contributed by atoms with van der Waals surface area (Å²) in [6.45, 7) is 12.2. The SMILES string of the molecule is C[C@H]1c2cc(F)c(F)c3ccn(c23)C[C@H]1N(C(=O)OC(C)(C)C)C(=O)OC(C)(C)C. The van der Waals surface area contributed by atoms with E-state index >= 15 is 0 Å². The van der Waals surface area contributed by atoms with E-state index < -0.39 is 47.0 Å². The van der Waals surface area contributed by atoms with Gasteiger partial charge in [-0.2, -0.15) is 0 Å². The Bertz CT molecular complexity index is 973. The van der Waals surface area contributed by atoms with Crippen LogP contribution in [-0.4, -0.2) is 38.9 Å². The summed E-state index contributed by atoms with van der Waals surface area (Å²) in [5, 5.41) is 0.177. The number of nitrogens with zero attached hydrogens (tertiary/aromatic N) is 2. The van der Waals surface area contributed by atoms with Crippen molar-refractivity contribution < 1.29 is 27.8 Å². The Labute approximate surface area is 174 Å². The topological polar surface area (TPSA) is 60.8 Å². The van der Waals surface area contributed by atoms with Crippen LogP contribution in [0.2, 0.25) is 0 Å². The molecule has 1 aliphatic heterocycles. The number of benzene rings is 1. The van der Waals surface area contributed by atoms with Gasteiger partial charge in [0, 0.05) is 24.0 Å². The maximum atomic E-state index is 14.2. The number of hydrogen-bond acceptors (Lipinski definition) is 4. The third-order valence-electron chi connectivity index (χ3n) is 4.93. The summed E-state index contributed by atoms with van der Waals surface area (Å²) in [6, 6.07) is 1.92. The van der Waals surface area contributed by atoms with Crippen molar-refractivity contribution in [1.29, 1.82) is 0 Å². The molecule has 2 heterocycles. The van der Waals surface area contributed by atoms with Crippen LogP contribution in [0.1, 0.15) is 59.9 Å². The maximum Gasteiger partial charge on any atom is 0.420 e. The Balaban J connectivity index is 2.06. The first-order valence-corrected chi connectivity index (χ1v) is 9.91. The molecular weight excluding hydrogens is 394 g/mol. The first-order valence-electron chi connectivity index (χ1n) is 9.91. The smallest absolute Gasteiger partial charge is 0.420 e. The molecule has 0 aliphatic carbocycles. The van der Waals surface area contributed by atoms with Crippen LogP contribution in [0.25, 0.3) is 10.9 Å². The van der Waals surface area contributed by atoms with Crippen molar-refractivity contribution in [1.82, 2.24) is 9.47 Å². The van der Waals surface area contributed by atoms with Gasteiger partial charge in [0.05, 0.1) is 11.6 Å². The van der Waals surface area contributed by atoms with Crippen molar-refractivity contribution in [3.63, 3.8) is 0 Å². The number of ether oxygens (including phenoxy) is 2. The predicted octanol–water partition coefficient (Wildman–Crippen LogP) is 5.58. The van der Waals surface area contributed by atoms with Crippen molar-refractivity contribution in [2.24, 2.45) is 0 Å². The molecule has 3 rings (SSSR count). The molecule has 0 bridgehead atoms. The van der Waals surface area contributed by atoms with Gasteiger partial charge in [0.1, 0.15) is 11.2 Å². The third-order valence-corrected chi connectivity index (χ3v) is 4.93. The highest BCUT2D eigenvalue weighted by Gasteiger charge is 2.42. The fourth-order valence-corrected chi connectivity index (χ4v) is 3.71. The molecule has 0 N–H and O–H groups in total. The number of carbonyl (C=O) groups excluding carboxylic acids is 2. The lowest BCUT2D eigenvalue weighted by Crippen LogP contribution is -2.53. The zero-order valence-corrected chi connectivity index (χ0v) is 18.4. The number of hydrogen-bond donors (Lipinski definition) is 0. The number of aromatic nitrogens is 1. The largest absolute Gasteiger partial charge is 0.443 e. The number of rotatable bonds is 1. The predicted molar refractivity (Wildman–Crippen MR) is 108 cm³/mol. The average Bonchev–Trinajstić information content (AvgIpc) is 2.97. The van der Waals surface area contributed by atoms with Gasteiger partial charge >= 0.3 is 12.2 Å². The van der Waals surface area contributed by atoms with Crippen LogP contribution < -0.4 is 0 Å². The summed E-state index contributed by atoms with van der Waals surface area (Å²) in [6.07, 6.45) is -0.0659. The molecule has 0 radical (unpaired) electrons. The number of imide groups is 1. The summed E-state index contributed by atoms with van der Waals surface area (Å²) in [7, 11) is 0. The molecule has 0 saturated heterocycles. The van der Waals surface area contributed by atoms with Gasteiger partial charge < -0.3 is 14.0 Å². The quantitative estimate of drug-likeness (QED) is 0.602. The molecule has 2 atom stereocenters. The molecule has 8 heteroatoms. The fraction of sp³-hybridized carbons (Fsp3) is 0.545. The van der Waals surface area contributed by atoms with E-state index in [0.717, 1.165) is 11.0 Å². The average molecular weight is 422 g/mol. The van der Waals surface area contributed by atoms with Crippen LogP contribution in [0.4, 0.5) is 18.4 Å². The highest BCUT2D eigenvalue weighted by Crippen LogP contribution is 2.38. The highest BCUT2D eigenvalue weighted by molar-refractivity contribution is 5.90. The monoisotopic (exact) mass is 422 g/mol. The number of amides is 2. The van der Waals surface area contributed by atoms with Crippen molar-refractivity contribution in [3.8, 4) is 0 Å². The van der Waals surface area contributed by atoms with Crippen LogP contribution >= 0.6 is 0 Å². The second kappa shape index (κ2) is 7.25. The van der Waals surface area contributed by atoms with Gasteiger partial charge in [-0.05, 0) is 59.2 Å². The molecule has 30 heavy (non-hydrogen) atoms. The van der Waals surface area contributed by atoms with Gasteiger partial charge in [-0.15, -0.1) is 0 Å². The molecule has 2 amide bonds. The lowest BCUT2D eigenvalue weighted by Gasteiger charge is -2.39. The van der Waals surface area contributed by atoms with Gasteiger partial charge in [0.15, 0.2) is 11.6 Å². The molecular formula is C22H28F2N2O4. The highest BCUT2D eigenvalue weighted by atomic mass is 19.2. The van der Waals surface area contributed by atoms with E-state index in [4.69, 9.17) is 9.47 Å². The molecule has 0 saturated carbocycles. The number of halogens is 2. The van der Waals surface area contributed by atoms with Crippen molar-refractivity contribution in [2.45, 2.75) is 78.2 Å². The van der Waals surface area contributed by atoms with Gasteiger partial charge in [0.25, 0.3) is 0 Å². The van der Waals surface area contributed by atoms with Crippen LogP contribution in [-0.2, 0) is 16.0 Å². The summed E-state index contributed by atoms with van der Waals surface area (Å²) < 4.78 is 41.1. The Hall–Kier alpha value is -2.64. The first kappa shape index (κ1) is 22.1. The molecule has 1 aromatic carbocycles. The van der Waals surface area contributed by atoms with Gasteiger partial charge in [-0.25, -0.2) is 23.3 Å². The number of carbonyl (C=O) groups is 2. The lowest BCUT2D eigenvalue weighted by atomic mass is 9.88. The normalized spacial score (nSPS) is 19.0. The summed E-state index contributed by atoms with van der Waals surface area (Å²) in [5.41, 5.74) is -0.583. The van der Waals surface area contributed by atoms with Crippen LogP contribution in [0.3, 0.4) is 0 Å². The van der Waals surface area contributed by atoms with Crippen molar-refractivity contribution >= 4 is 23.1 Å². The fourth-order valence-electron chi connectivity index (χ4n) is 3.71. The molecule has 1 aliphatic rings. The van der Waals surface area contributed by atoms with E-state index in [1.807, 2.05) is 0 Å². The van der Waals surface area contributed by atoms with E-state index in [0.29, 0.717) is 11.1 Å². The van der Waals surface area contributed by atoms with Crippen LogP contribution in [0, 0.1) is 11.6 Å². The summed E-state index contributed by atoms with van der Waals surface area (Å²) >= 11 is 0. The Morgan fingerprint density at radius 1 is 1.07 bits per heavy atom. The molecule has 2 aromatic rings. The minimum atomic E-state index is -0.969. The maximum absolute atomic E-state index is 14.2.